The van der Waals surface area contributed by atoms with Gasteiger partial charge in [-0.1, -0.05) is 11.6 Å². The molecular weight excluding hydrogens is 251 g/mol. The van der Waals surface area contributed by atoms with Crippen LogP contribution in [0.25, 0.3) is 0 Å². The highest BCUT2D eigenvalue weighted by molar-refractivity contribution is 6.29. The lowest BCUT2D eigenvalue weighted by Crippen LogP contribution is -2.21. The van der Waals surface area contributed by atoms with E-state index < -0.39 is 34.7 Å². The zero-order valence-corrected chi connectivity index (χ0v) is 8.25. The van der Waals surface area contributed by atoms with Crippen molar-refractivity contribution in [2.45, 2.75) is 12.3 Å². The second-order valence-electron chi connectivity index (χ2n) is 2.85. The molecule has 0 amide bonds. The van der Waals surface area contributed by atoms with Gasteiger partial charge in [0.25, 0.3) is 0 Å². The normalized spacial score (nSPS) is 13.6. The molecule has 1 heterocycles. The third-order valence-electron chi connectivity index (χ3n) is 1.65. The number of aromatic carboxylic acids is 1. The fraction of sp³-hybridized carbons (Fsp3) is 0.250. The van der Waals surface area contributed by atoms with Gasteiger partial charge in [-0.25, -0.2) is 9.78 Å². The number of rotatable bonds is 2. The van der Waals surface area contributed by atoms with E-state index >= 15 is 0 Å². The molecule has 1 aromatic rings. The summed E-state index contributed by atoms with van der Waals surface area (Å²) < 4.78 is 36.4. The minimum absolute atomic E-state index is 0.432. The fourth-order valence-corrected chi connectivity index (χ4v) is 1.16. The summed E-state index contributed by atoms with van der Waals surface area (Å²) in [5, 5.41) is 17.0. The lowest BCUT2D eigenvalue weighted by Gasteiger charge is -2.14. The van der Waals surface area contributed by atoms with Crippen molar-refractivity contribution in [3.63, 3.8) is 0 Å². The van der Waals surface area contributed by atoms with Crippen LogP contribution in [0.4, 0.5) is 13.2 Å². The molecule has 8 heteroatoms. The van der Waals surface area contributed by atoms with Gasteiger partial charge < -0.3 is 10.2 Å². The average molecular weight is 256 g/mol. The lowest BCUT2D eigenvalue weighted by molar-refractivity contribution is -0.207. The van der Waals surface area contributed by atoms with Crippen molar-refractivity contribution in [3.8, 4) is 0 Å². The lowest BCUT2D eigenvalue weighted by atomic mass is 10.1. The van der Waals surface area contributed by atoms with E-state index in [4.69, 9.17) is 21.8 Å². The van der Waals surface area contributed by atoms with Crippen LogP contribution in [0.2, 0.25) is 5.15 Å². The molecule has 0 saturated carbocycles. The van der Waals surface area contributed by atoms with Crippen molar-refractivity contribution in [2.75, 3.05) is 0 Å². The number of aliphatic hydroxyl groups excluding tert-OH is 1. The number of aromatic nitrogens is 1. The Morgan fingerprint density at radius 3 is 2.44 bits per heavy atom. The van der Waals surface area contributed by atoms with Crippen LogP contribution in [-0.2, 0) is 0 Å². The molecule has 1 atom stereocenters. The molecule has 0 spiro atoms. The van der Waals surface area contributed by atoms with Crippen LogP contribution in [0.3, 0.4) is 0 Å². The third kappa shape index (κ3) is 2.83. The Balaban J connectivity index is 3.20. The first kappa shape index (κ1) is 12.7. The summed E-state index contributed by atoms with van der Waals surface area (Å²) in [6.45, 7) is 0. The van der Waals surface area contributed by atoms with E-state index in [9.17, 15) is 18.0 Å². The van der Waals surface area contributed by atoms with E-state index in [0.29, 0.717) is 6.07 Å². The Hall–Kier alpha value is -1.34. The number of pyridine rings is 1. The maximum Gasteiger partial charge on any atom is 0.420 e. The largest absolute Gasteiger partial charge is 0.478 e. The van der Waals surface area contributed by atoms with Gasteiger partial charge in [0.05, 0.1) is 11.3 Å². The molecule has 0 aliphatic carbocycles. The molecule has 1 aromatic heterocycles. The predicted octanol–water partition coefficient (Wildman–Crippen LogP) is 2.03. The van der Waals surface area contributed by atoms with Crippen molar-refractivity contribution >= 4 is 17.6 Å². The molecule has 0 fully saturated rings. The van der Waals surface area contributed by atoms with Gasteiger partial charge in [0.1, 0.15) is 5.15 Å². The number of hydrogen-bond donors (Lipinski definition) is 2. The number of aliphatic hydroxyl groups is 1. The number of carbonyl (C=O) groups is 1. The predicted molar refractivity (Wildman–Crippen MR) is 47.2 cm³/mol. The molecule has 0 aliphatic rings. The molecule has 1 unspecified atom stereocenters. The molecule has 0 aliphatic heterocycles. The summed E-state index contributed by atoms with van der Waals surface area (Å²) >= 11 is 5.34. The highest BCUT2D eigenvalue weighted by Gasteiger charge is 2.40. The van der Waals surface area contributed by atoms with E-state index in [-0.39, 0.29) is 0 Å². The first-order valence-corrected chi connectivity index (χ1v) is 4.25. The summed E-state index contributed by atoms with van der Waals surface area (Å²) in [5.74, 6) is -1.46. The number of hydrogen-bond acceptors (Lipinski definition) is 3. The summed E-state index contributed by atoms with van der Waals surface area (Å²) in [4.78, 5) is 13.7. The Kier molecular flexibility index (Phi) is 3.39. The van der Waals surface area contributed by atoms with Crippen molar-refractivity contribution in [1.29, 1.82) is 0 Å². The molecule has 0 bridgehead atoms. The first-order valence-electron chi connectivity index (χ1n) is 3.87. The minimum atomic E-state index is -4.92. The molecule has 4 nitrogen and oxygen atoms in total. The van der Waals surface area contributed by atoms with Gasteiger partial charge in [-0.05, 0) is 12.1 Å². The van der Waals surface area contributed by atoms with Gasteiger partial charge in [0, 0.05) is 0 Å². The van der Waals surface area contributed by atoms with Gasteiger partial charge in [-0.15, -0.1) is 0 Å². The van der Waals surface area contributed by atoms with Gasteiger partial charge >= 0.3 is 12.1 Å². The second kappa shape index (κ2) is 4.26. The summed E-state index contributed by atoms with van der Waals surface area (Å²) in [5.41, 5.74) is -1.32. The smallest absolute Gasteiger partial charge is 0.420 e. The van der Waals surface area contributed by atoms with Crippen LogP contribution < -0.4 is 0 Å². The number of carboxylic acids is 1. The second-order valence-corrected chi connectivity index (χ2v) is 3.24. The van der Waals surface area contributed by atoms with Crippen molar-refractivity contribution in [2.24, 2.45) is 0 Å². The Labute approximate surface area is 92.3 Å². The Morgan fingerprint density at radius 2 is 2.00 bits per heavy atom. The van der Waals surface area contributed by atoms with E-state index in [2.05, 4.69) is 4.98 Å². The number of nitrogens with zero attached hydrogens (tertiary/aromatic N) is 1. The summed E-state index contributed by atoms with van der Waals surface area (Å²) in [7, 11) is 0. The Morgan fingerprint density at radius 1 is 1.44 bits per heavy atom. The molecular formula is C8H5ClF3NO3. The summed E-state index contributed by atoms with van der Waals surface area (Å²) in [6, 6.07) is 1.50. The van der Waals surface area contributed by atoms with Gasteiger partial charge in [-0.2, -0.15) is 13.2 Å². The van der Waals surface area contributed by atoms with Gasteiger partial charge in [-0.3, -0.25) is 0 Å². The highest BCUT2D eigenvalue weighted by Crippen LogP contribution is 2.32. The molecule has 0 saturated heterocycles. The van der Waals surface area contributed by atoms with E-state index in [1.807, 2.05) is 0 Å². The first-order chi connectivity index (χ1) is 7.21. The molecule has 16 heavy (non-hydrogen) atoms. The minimum Gasteiger partial charge on any atom is -0.478 e. The molecule has 88 valence electrons. The fourth-order valence-electron chi connectivity index (χ4n) is 0.948. The molecule has 1 rings (SSSR count). The van der Waals surface area contributed by atoms with Crippen LogP contribution in [-0.4, -0.2) is 27.3 Å². The zero-order chi connectivity index (χ0) is 12.5. The third-order valence-corrected chi connectivity index (χ3v) is 1.84. The Bertz CT molecular complexity index is 421. The van der Waals surface area contributed by atoms with Crippen molar-refractivity contribution < 1.29 is 28.2 Å². The van der Waals surface area contributed by atoms with Gasteiger partial charge in [0.2, 0.25) is 0 Å². The molecule has 0 radical (unpaired) electrons. The average Bonchev–Trinajstić information content (AvgIpc) is 2.14. The highest BCUT2D eigenvalue weighted by atomic mass is 35.5. The maximum absolute atomic E-state index is 12.1. The van der Waals surface area contributed by atoms with Gasteiger partial charge in [0.15, 0.2) is 6.10 Å². The van der Waals surface area contributed by atoms with E-state index in [1.54, 1.807) is 0 Å². The standard InChI is InChI=1S/C8H5ClF3NO3/c9-5-2-3(7(15)16)1-4(13-5)6(14)8(10,11)12/h1-2,6,14H,(H,15,16). The quantitative estimate of drug-likeness (QED) is 0.793. The number of alkyl halides is 3. The molecule has 2 N–H and O–H groups in total. The zero-order valence-electron chi connectivity index (χ0n) is 7.49. The number of carboxylic acid groups (broad SMARTS) is 1. The summed E-state index contributed by atoms with van der Waals surface area (Å²) in [6.07, 6.45) is -7.78. The topological polar surface area (TPSA) is 70.4 Å². The van der Waals surface area contributed by atoms with Crippen molar-refractivity contribution in [1.82, 2.24) is 4.98 Å². The van der Waals surface area contributed by atoms with Crippen LogP contribution in [0.15, 0.2) is 12.1 Å². The van der Waals surface area contributed by atoms with Crippen LogP contribution in [0.5, 0.6) is 0 Å². The SMILES string of the molecule is O=C(O)c1cc(Cl)nc(C(O)C(F)(F)F)c1. The van der Waals surface area contributed by atoms with Crippen LogP contribution in [0.1, 0.15) is 22.2 Å². The van der Waals surface area contributed by atoms with Crippen LogP contribution in [0, 0.1) is 0 Å². The number of halogens is 4. The van der Waals surface area contributed by atoms with E-state index in [1.165, 1.54) is 0 Å². The monoisotopic (exact) mass is 255 g/mol. The van der Waals surface area contributed by atoms with E-state index in [0.717, 1.165) is 6.07 Å². The van der Waals surface area contributed by atoms with Crippen LogP contribution >= 0.6 is 11.6 Å². The molecule has 0 aromatic carbocycles. The maximum atomic E-state index is 12.1. The van der Waals surface area contributed by atoms with Crippen molar-refractivity contribution in [3.05, 3.63) is 28.5 Å².